The van der Waals surface area contributed by atoms with Gasteiger partial charge in [0.05, 0.1) is 17.2 Å². The van der Waals surface area contributed by atoms with Crippen LogP contribution in [0.2, 0.25) is 5.02 Å². The van der Waals surface area contributed by atoms with E-state index in [1.54, 1.807) is 0 Å². The number of benzene rings is 2. The summed E-state index contributed by atoms with van der Waals surface area (Å²) in [6.07, 6.45) is 2.91. The number of aliphatic imine (C=N–C) groups is 1. The molecule has 1 saturated heterocycles. The van der Waals surface area contributed by atoms with E-state index in [1.165, 1.54) is 17.3 Å². The number of carbonyl (C=O) groups excluding carboxylic acids is 1. The molecule has 2 aromatic carbocycles. The molecule has 1 amide bonds. The molecule has 2 aliphatic rings. The Hall–Kier alpha value is -2.44. The molecule has 5 nitrogen and oxygen atoms in total. The van der Waals surface area contributed by atoms with E-state index in [0.717, 1.165) is 29.1 Å². The van der Waals surface area contributed by atoms with Crippen molar-refractivity contribution in [3.05, 3.63) is 57.5 Å². The monoisotopic (exact) mass is 469 g/mol. The summed E-state index contributed by atoms with van der Waals surface area (Å²) in [6.45, 7) is 9.31. The highest BCUT2D eigenvalue weighted by Gasteiger charge is 2.34. The molecule has 0 saturated carbocycles. The van der Waals surface area contributed by atoms with Gasteiger partial charge in [-0.3, -0.25) is 4.79 Å². The number of amides is 1. The summed E-state index contributed by atoms with van der Waals surface area (Å²) < 4.78 is 5.46. The van der Waals surface area contributed by atoms with E-state index in [9.17, 15) is 4.79 Å². The van der Waals surface area contributed by atoms with Crippen LogP contribution in [0.5, 0.6) is 5.75 Å². The van der Waals surface area contributed by atoms with Crippen LogP contribution in [0.25, 0.3) is 6.08 Å². The summed E-state index contributed by atoms with van der Waals surface area (Å²) in [5.74, 6) is 1.04. The van der Waals surface area contributed by atoms with E-state index in [-0.39, 0.29) is 11.4 Å². The van der Waals surface area contributed by atoms with Crippen LogP contribution in [0.4, 0.5) is 11.4 Å². The largest absolute Gasteiger partial charge is 0.494 e. The van der Waals surface area contributed by atoms with E-state index in [2.05, 4.69) is 49.1 Å². The minimum atomic E-state index is -0.167. The van der Waals surface area contributed by atoms with Crippen LogP contribution >= 0.6 is 23.4 Å². The molecule has 1 N–H and O–H groups in total. The van der Waals surface area contributed by atoms with Crippen molar-refractivity contribution in [3.8, 4) is 5.75 Å². The minimum Gasteiger partial charge on any atom is -0.494 e. The number of hydrogen-bond acceptors (Lipinski definition) is 5. The van der Waals surface area contributed by atoms with Crippen LogP contribution in [-0.2, 0) is 4.79 Å². The number of carbonyl (C=O) groups is 1. The number of rotatable bonds is 4. The summed E-state index contributed by atoms with van der Waals surface area (Å²) in [5, 5.41) is 4.03. The van der Waals surface area contributed by atoms with Crippen molar-refractivity contribution in [3.63, 3.8) is 0 Å². The fraction of sp³-hybridized carbons (Fsp3) is 0.360. The topological polar surface area (TPSA) is 53.9 Å². The van der Waals surface area contributed by atoms with Crippen molar-refractivity contribution in [1.29, 1.82) is 0 Å². The molecule has 0 bridgehead atoms. The summed E-state index contributed by atoms with van der Waals surface area (Å²) in [7, 11) is 2.11. The Labute approximate surface area is 198 Å². The van der Waals surface area contributed by atoms with E-state index < -0.39 is 0 Å². The molecular weight excluding hydrogens is 442 g/mol. The van der Waals surface area contributed by atoms with Crippen LogP contribution in [0.3, 0.4) is 0 Å². The smallest absolute Gasteiger partial charge is 0.264 e. The van der Waals surface area contributed by atoms with Crippen LogP contribution < -0.4 is 15.0 Å². The Morgan fingerprint density at radius 1 is 1.31 bits per heavy atom. The second-order valence-corrected chi connectivity index (χ2v) is 10.3. The molecule has 4 rings (SSSR count). The molecule has 168 valence electrons. The molecule has 7 heteroatoms. The van der Waals surface area contributed by atoms with Crippen molar-refractivity contribution in [2.24, 2.45) is 4.99 Å². The van der Waals surface area contributed by atoms with Gasteiger partial charge in [-0.25, -0.2) is 4.99 Å². The predicted molar refractivity (Wildman–Crippen MR) is 135 cm³/mol. The van der Waals surface area contributed by atoms with Crippen LogP contribution in [-0.4, -0.2) is 30.3 Å². The number of nitrogens with zero attached hydrogens (tertiary/aromatic N) is 2. The maximum absolute atomic E-state index is 12.6. The molecule has 1 fully saturated rings. The van der Waals surface area contributed by atoms with Crippen molar-refractivity contribution in [1.82, 2.24) is 5.32 Å². The zero-order valence-corrected chi connectivity index (χ0v) is 20.6. The number of ether oxygens (including phenoxy) is 1. The first-order valence-electron chi connectivity index (χ1n) is 10.8. The number of fused-ring (bicyclic) bond motifs is 1. The van der Waals surface area contributed by atoms with Crippen molar-refractivity contribution in [2.45, 2.75) is 45.6 Å². The van der Waals surface area contributed by atoms with Gasteiger partial charge in [-0.05, 0) is 98.5 Å². The molecule has 2 aliphatic heterocycles. The molecule has 2 aromatic rings. The lowest BCUT2D eigenvalue weighted by molar-refractivity contribution is -0.115. The maximum atomic E-state index is 12.6. The summed E-state index contributed by atoms with van der Waals surface area (Å²) >= 11 is 7.97. The Balaban J connectivity index is 1.59. The van der Waals surface area contributed by atoms with Crippen LogP contribution in [0.15, 0.2) is 46.3 Å². The van der Waals surface area contributed by atoms with Gasteiger partial charge in [0.15, 0.2) is 5.17 Å². The average Bonchev–Trinajstić information content (AvgIpc) is 3.07. The van der Waals surface area contributed by atoms with E-state index in [1.807, 2.05) is 43.3 Å². The molecular formula is C25H28ClN3O2S. The van der Waals surface area contributed by atoms with Gasteiger partial charge in [0.1, 0.15) is 5.75 Å². The molecule has 0 aromatic heterocycles. The number of halogens is 1. The molecule has 1 atom stereocenters. The van der Waals surface area contributed by atoms with E-state index in [0.29, 0.717) is 27.6 Å². The molecule has 0 unspecified atom stereocenters. The first-order chi connectivity index (χ1) is 15.2. The highest BCUT2D eigenvalue weighted by molar-refractivity contribution is 8.18. The quantitative estimate of drug-likeness (QED) is 0.530. The Kier molecular flexibility index (Phi) is 6.28. The maximum Gasteiger partial charge on any atom is 0.264 e. The lowest BCUT2D eigenvalue weighted by atomic mass is 9.80. The zero-order valence-electron chi connectivity index (χ0n) is 19.0. The number of amidine groups is 1. The molecule has 0 radical (unpaired) electrons. The van der Waals surface area contributed by atoms with E-state index >= 15 is 0 Å². The lowest BCUT2D eigenvalue weighted by Crippen LogP contribution is -2.45. The van der Waals surface area contributed by atoms with Crippen LogP contribution in [0, 0.1) is 0 Å². The lowest BCUT2D eigenvalue weighted by Gasteiger charge is -2.45. The number of anilines is 1. The second kappa shape index (κ2) is 8.83. The highest BCUT2D eigenvalue weighted by Crippen LogP contribution is 2.45. The third-order valence-corrected chi connectivity index (χ3v) is 7.31. The van der Waals surface area contributed by atoms with Gasteiger partial charge in [-0.1, -0.05) is 18.5 Å². The molecule has 0 spiro atoms. The van der Waals surface area contributed by atoms with Crippen LogP contribution in [0.1, 0.15) is 51.2 Å². The molecule has 0 aliphatic carbocycles. The minimum absolute atomic E-state index is 0.0726. The average molecular weight is 470 g/mol. The third-order valence-electron chi connectivity index (χ3n) is 6.07. The molecule has 32 heavy (non-hydrogen) atoms. The zero-order chi connectivity index (χ0) is 23.0. The fourth-order valence-electron chi connectivity index (χ4n) is 4.24. The number of thioether (sulfide) groups is 1. The Morgan fingerprint density at radius 3 is 2.72 bits per heavy atom. The summed E-state index contributed by atoms with van der Waals surface area (Å²) in [6, 6.07) is 11.6. The van der Waals surface area contributed by atoms with Crippen molar-refractivity contribution in [2.75, 3.05) is 18.6 Å². The Morgan fingerprint density at radius 2 is 2.03 bits per heavy atom. The standard InChI is InChI=1S/C25H28ClN3O2S/c1-6-31-18-9-7-17(8-10-18)27-24-28-23(30)22(32-24)12-16-11-19-15(2)14-25(3,4)29(5)21(19)13-20(16)26/h7-13,15H,6,14H2,1-5H3,(H,27,28,30)/b22-12-/t15-/m0/s1. The van der Waals surface area contributed by atoms with Gasteiger partial charge in [0.25, 0.3) is 5.91 Å². The Bertz CT molecular complexity index is 1110. The fourth-order valence-corrected chi connectivity index (χ4v) is 5.28. The predicted octanol–water partition coefficient (Wildman–Crippen LogP) is 6.35. The third kappa shape index (κ3) is 4.52. The number of hydrogen-bond donors (Lipinski definition) is 1. The highest BCUT2D eigenvalue weighted by atomic mass is 35.5. The molecule has 2 heterocycles. The van der Waals surface area contributed by atoms with Gasteiger partial charge < -0.3 is 15.0 Å². The van der Waals surface area contributed by atoms with Gasteiger partial charge in [0.2, 0.25) is 0 Å². The SMILES string of the molecule is CCOc1ccc(N=C2NC(=O)/C(=C/c3cc4c(cc3Cl)N(C)C(C)(C)C[C@@H]4C)S2)cc1. The van der Waals surface area contributed by atoms with Crippen molar-refractivity contribution >= 4 is 51.9 Å². The summed E-state index contributed by atoms with van der Waals surface area (Å²) in [5.41, 5.74) is 4.09. The first-order valence-corrected chi connectivity index (χ1v) is 12.0. The number of nitrogens with one attached hydrogen (secondary N) is 1. The van der Waals surface area contributed by atoms with Gasteiger partial charge in [-0.15, -0.1) is 0 Å². The van der Waals surface area contributed by atoms with Gasteiger partial charge in [-0.2, -0.15) is 0 Å². The van der Waals surface area contributed by atoms with Gasteiger partial charge in [0, 0.05) is 23.3 Å². The first kappa shape index (κ1) is 22.7. The second-order valence-electron chi connectivity index (χ2n) is 8.82. The van der Waals surface area contributed by atoms with Crippen molar-refractivity contribution < 1.29 is 9.53 Å². The van der Waals surface area contributed by atoms with E-state index in [4.69, 9.17) is 16.3 Å². The summed E-state index contributed by atoms with van der Waals surface area (Å²) in [4.78, 5) is 20.0. The normalized spacial score (nSPS) is 22.2. The van der Waals surface area contributed by atoms with Gasteiger partial charge >= 0.3 is 0 Å².